The van der Waals surface area contributed by atoms with E-state index in [1.165, 1.54) is 0 Å². The molecule has 0 aliphatic heterocycles. The van der Waals surface area contributed by atoms with Crippen molar-refractivity contribution >= 4 is 25.9 Å². The van der Waals surface area contributed by atoms with Crippen molar-refractivity contribution in [2.24, 2.45) is 0 Å². The second kappa shape index (κ2) is 8.03. The molecule has 0 unspecified atom stereocenters. The molecule has 0 spiro atoms. The first-order valence-corrected chi connectivity index (χ1v) is 14.8. The Bertz CT molecular complexity index is 255. The van der Waals surface area contributed by atoms with E-state index in [2.05, 4.69) is 0 Å². The molecule has 0 saturated heterocycles. The average molecular weight is 327 g/mol. The summed E-state index contributed by atoms with van der Waals surface area (Å²) in [5.41, 5.74) is 0. The first-order chi connectivity index (χ1) is 8.60. The lowest BCUT2D eigenvalue weighted by atomic mass is 10.9. The van der Waals surface area contributed by atoms with Crippen molar-refractivity contribution in [3.05, 3.63) is 0 Å². The molecule has 0 bridgehead atoms. The van der Waals surface area contributed by atoms with Gasteiger partial charge in [0, 0.05) is 26.4 Å². The van der Waals surface area contributed by atoms with E-state index in [9.17, 15) is 0 Å². The van der Waals surface area contributed by atoms with Gasteiger partial charge in [0.15, 0.2) is 0 Å². The Balaban J connectivity index is 4.71. The Kier molecular flexibility index (Phi) is 8.22. The normalized spacial score (nSPS) is 13.9. The zero-order valence-corrected chi connectivity index (χ0v) is 16.7. The highest BCUT2D eigenvalue weighted by molar-refractivity contribution is 6.83. The zero-order chi connectivity index (χ0) is 15.2. The fourth-order valence-corrected chi connectivity index (χ4v) is 13.4. The Morgan fingerprint density at radius 1 is 0.579 bits per heavy atom. The van der Waals surface area contributed by atoms with Crippen molar-refractivity contribution in [3.63, 3.8) is 0 Å². The monoisotopic (exact) mass is 326 g/mol. The maximum Gasteiger partial charge on any atom is 0.488 e. The lowest BCUT2D eigenvalue weighted by molar-refractivity contribution is 0.109. The van der Waals surface area contributed by atoms with E-state index in [0.717, 1.165) is 0 Å². The van der Waals surface area contributed by atoms with Gasteiger partial charge in [0.25, 0.3) is 0 Å². The molecule has 0 saturated carbocycles. The second-order valence-electron chi connectivity index (χ2n) is 5.17. The first-order valence-electron chi connectivity index (χ1n) is 6.92. The standard InChI is InChI=1S/C11H30O5Si3/c1-9-12-17(4,5)15-18(6,7)16-19(8,13-10-2)14-11-3/h9-11H2,1-8H3. The van der Waals surface area contributed by atoms with Gasteiger partial charge in [-0.25, -0.2) is 0 Å². The van der Waals surface area contributed by atoms with Crippen molar-refractivity contribution in [2.75, 3.05) is 19.8 Å². The van der Waals surface area contributed by atoms with Crippen LogP contribution in [0.4, 0.5) is 0 Å². The third-order valence-corrected chi connectivity index (χ3v) is 12.2. The van der Waals surface area contributed by atoms with E-state index >= 15 is 0 Å². The molecule has 0 aromatic carbocycles. The smallest absolute Gasteiger partial charge is 0.415 e. The average Bonchev–Trinajstić information content (AvgIpc) is 2.13. The van der Waals surface area contributed by atoms with E-state index in [0.29, 0.717) is 19.8 Å². The summed E-state index contributed by atoms with van der Waals surface area (Å²) in [7, 11) is -7.08. The van der Waals surface area contributed by atoms with Crippen molar-refractivity contribution in [3.8, 4) is 0 Å². The maximum absolute atomic E-state index is 6.16. The SMILES string of the molecule is CCO[Si](C)(C)O[Si](C)(C)O[Si](C)(OCC)OCC. The molecule has 0 rings (SSSR count). The molecule has 0 amide bonds. The topological polar surface area (TPSA) is 46.2 Å². The second-order valence-corrected chi connectivity index (χ2v) is 15.0. The number of hydrogen-bond donors (Lipinski definition) is 0. The van der Waals surface area contributed by atoms with E-state index in [-0.39, 0.29) is 0 Å². The van der Waals surface area contributed by atoms with Crippen molar-refractivity contribution in [1.29, 1.82) is 0 Å². The van der Waals surface area contributed by atoms with Crippen LogP contribution in [-0.2, 0) is 21.5 Å². The predicted molar refractivity (Wildman–Crippen MR) is 83.6 cm³/mol. The van der Waals surface area contributed by atoms with Crippen molar-refractivity contribution in [2.45, 2.75) is 53.5 Å². The first kappa shape index (κ1) is 19.5. The Morgan fingerprint density at radius 3 is 1.37 bits per heavy atom. The van der Waals surface area contributed by atoms with E-state index in [1.807, 2.05) is 53.5 Å². The molecule has 0 heterocycles. The van der Waals surface area contributed by atoms with Crippen LogP contribution in [-0.4, -0.2) is 45.7 Å². The van der Waals surface area contributed by atoms with E-state index in [1.54, 1.807) is 0 Å². The summed E-state index contributed by atoms with van der Waals surface area (Å²) in [5.74, 6) is 0. The number of rotatable bonds is 10. The van der Waals surface area contributed by atoms with Gasteiger partial charge < -0.3 is 21.5 Å². The third-order valence-electron chi connectivity index (χ3n) is 2.23. The van der Waals surface area contributed by atoms with Crippen LogP contribution >= 0.6 is 0 Å². The predicted octanol–water partition coefficient (Wildman–Crippen LogP) is 3.10. The molecule has 0 atom stereocenters. The Morgan fingerprint density at radius 2 is 1.00 bits per heavy atom. The van der Waals surface area contributed by atoms with Gasteiger partial charge in [-0.2, -0.15) is 0 Å². The highest BCUT2D eigenvalue weighted by Crippen LogP contribution is 2.22. The van der Waals surface area contributed by atoms with Crippen LogP contribution in [0, 0.1) is 0 Å². The van der Waals surface area contributed by atoms with Gasteiger partial charge in [0.2, 0.25) is 0 Å². The van der Waals surface area contributed by atoms with Gasteiger partial charge in [-0.05, 0) is 47.0 Å². The lowest BCUT2D eigenvalue weighted by Gasteiger charge is -2.37. The van der Waals surface area contributed by atoms with Crippen LogP contribution < -0.4 is 0 Å². The molecule has 5 nitrogen and oxygen atoms in total. The highest BCUT2D eigenvalue weighted by Gasteiger charge is 2.45. The van der Waals surface area contributed by atoms with Gasteiger partial charge >= 0.3 is 25.9 Å². The summed E-state index contributed by atoms with van der Waals surface area (Å²) < 4.78 is 29.4. The van der Waals surface area contributed by atoms with Gasteiger partial charge in [-0.15, -0.1) is 0 Å². The molecule has 0 radical (unpaired) electrons. The number of hydrogen-bond acceptors (Lipinski definition) is 5. The van der Waals surface area contributed by atoms with Crippen LogP contribution in [0.5, 0.6) is 0 Å². The molecule has 19 heavy (non-hydrogen) atoms. The minimum atomic E-state index is -2.60. The Hall–Kier alpha value is 0.451. The maximum atomic E-state index is 6.16. The summed E-state index contributed by atoms with van der Waals surface area (Å²) >= 11 is 0. The summed E-state index contributed by atoms with van der Waals surface area (Å²) in [6, 6.07) is 0. The van der Waals surface area contributed by atoms with Crippen LogP contribution in [0.3, 0.4) is 0 Å². The summed E-state index contributed by atoms with van der Waals surface area (Å²) in [6.07, 6.45) is 0. The van der Waals surface area contributed by atoms with Crippen molar-refractivity contribution in [1.82, 2.24) is 0 Å². The van der Waals surface area contributed by atoms with Crippen molar-refractivity contribution < 1.29 is 21.5 Å². The molecule has 0 aliphatic carbocycles. The van der Waals surface area contributed by atoms with Crippen LogP contribution in [0.2, 0.25) is 32.7 Å². The third kappa shape index (κ3) is 8.35. The fraction of sp³-hybridized carbons (Fsp3) is 1.00. The van der Waals surface area contributed by atoms with Gasteiger partial charge in [-0.3, -0.25) is 0 Å². The van der Waals surface area contributed by atoms with Gasteiger partial charge in [-0.1, -0.05) is 0 Å². The minimum absolute atomic E-state index is 0.583. The summed E-state index contributed by atoms with van der Waals surface area (Å²) in [4.78, 5) is 0. The largest absolute Gasteiger partial charge is 0.488 e. The van der Waals surface area contributed by atoms with Crippen LogP contribution in [0.1, 0.15) is 20.8 Å². The van der Waals surface area contributed by atoms with Gasteiger partial charge in [0.05, 0.1) is 0 Å². The highest BCUT2D eigenvalue weighted by atomic mass is 28.5. The molecule has 8 heteroatoms. The molecule has 0 fully saturated rings. The van der Waals surface area contributed by atoms with E-state index < -0.39 is 25.9 Å². The molecular weight excluding hydrogens is 296 g/mol. The minimum Gasteiger partial charge on any atom is -0.415 e. The molecule has 0 aliphatic rings. The molecular formula is C11H30O5Si3. The fourth-order valence-electron chi connectivity index (χ4n) is 2.06. The Labute approximate surface area is 121 Å². The zero-order valence-electron chi connectivity index (χ0n) is 13.7. The van der Waals surface area contributed by atoms with Gasteiger partial charge in [0.1, 0.15) is 0 Å². The molecule has 0 aromatic heterocycles. The molecule has 116 valence electrons. The molecule has 0 N–H and O–H groups in total. The molecule has 0 aromatic rings. The van der Waals surface area contributed by atoms with Crippen LogP contribution in [0.25, 0.3) is 0 Å². The summed E-state index contributed by atoms with van der Waals surface area (Å²) in [5, 5.41) is 0. The van der Waals surface area contributed by atoms with E-state index in [4.69, 9.17) is 21.5 Å². The quantitative estimate of drug-likeness (QED) is 0.577. The lowest BCUT2D eigenvalue weighted by Crippen LogP contribution is -2.56. The summed E-state index contributed by atoms with van der Waals surface area (Å²) in [6.45, 7) is 17.7. The van der Waals surface area contributed by atoms with Crippen LogP contribution in [0.15, 0.2) is 0 Å².